The molecule has 0 spiro atoms. The van der Waals surface area contributed by atoms with Crippen LogP contribution in [-0.2, 0) is 20.4 Å². The van der Waals surface area contributed by atoms with Crippen molar-refractivity contribution in [2.24, 2.45) is 5.92 Å². The molecule has 1 rings (SSSR count). The van der Waals surface area contributed by atoms with Gasteiger partial charge in [0.05, 0.1) is 11.4 Å². The van der Waals surface area contributed by atoms with E-state index in [1.807, 2.05) is 6.92 Å². The maximum atomic E-state index is 12.2. The van der Waals surface area contributed by atoms with Crippen molar-refractivity contribution in [2.45, 2.75) is 65.7 Å². The van der Waals surface area contributed by atoms with E-state index in [1.165, 1.54) is 0 Å². The van der Waals surface area contributed by atoms with Gasteiger partial charge in [-0.25, -0.2) is 8.42 Å². The third kappa shape index (κ3) is 7.16. The molecular weight excluding hydrogens is 316 g/mol. The molecule has 0 aliphatic heterocycles. The van der Waals surface area contributed by atoms with Gasteiger partial charge in [-0.05, 0) is 33.1 Å². The highest BCUT2D eigenvalue weighted by atomic mass is 32.2. The molecule has 0 bridgehead atoms. The van der Waals surface area contributed by atoms with E-state index < -0.39 is 21.5 Å². The second-order valence-corrected chi connectivity index (χ2v) is 8.69. The number of nitrogens with one attached hydrogen (secondary N) is 1. The minimum Gasteiger partial charge on any atom is -0.361 e. The maximum Gasteiger partial charge on any atom is 0.235 e. The number of carbonyl (C=O) groups is 1. The lowest BCUT2D eigenvalue weighted by molar-refractivity contribution is -0.119. The summed E-state index contributed by atoms with van der Waals surface area (Å²) in [5, 5.41) is 6.50. The first kappa shape index (κ1) is 19.7. The molecule has 1 unspecified atom stereocenters. The zero-order chi connectivity index (χ0) is 17.6. The topological polar surface area (TPSA) is 89.3 Å². The van der Waals surface area contributed by atoms with Crippen molar-refractivity contribution in [1.29, 1.82) is 0 Å². The first-order valence-corrected chi connectivity index (χ1v) is 9.84. The van der Waals surface area contributed by atoms with Crippen molar-refractivity contribution in [3.05, 3.63) is 17.0 Å². The maximum absolute atomic E-state index is 12.2. The van der Waals surface area contributed by atoms with Crippen LogP contribution in [0, 0.1) is 19.8 Å². The Bertz CT molecular complexity index is 601. The molecule has 1 N–H and O–H groups in total. The summed E-state index contributed by atoms with van der Waals surface area (Å²) in [5.74, 6) is -0.0646. The summed E-state index contributed by atoms with van der Waals surface area (Å²) in [4.78, 5) is 11.9. The first-order chi connectivity index (χ1) is 10.6. The number of hydrogen-bond donors (Lipinski definition) is 1. The van der Waals surface area contributed by atoms with Crippen LogP contribution in [0.4, 0.5) is 0 Å². The van der Waals surface area contributed by atoms with Crippen molar-refractivity contribution in [1.82, 2.24) is 10.5 Å². The van der Waals surface area contributed by atoms with E-state index in [0.717, 1.165) is 19.3 Å². The van der Waals surface area contributed by atoms with Crippen molar-refractivity contribution in [3.8, 4) is 0 Å². The average molecular weight is 344 g/mol. The van der Waals surface area contributed by atoms with E-state index in [4.69, 9.17) is 4.52 Å². The molecule has 0 saturated carbocycles. The Morgan fingerprint density at radius 3 is 2.39 bits per heavy atom. The molecule has 1 aromatic heterocycles. The minimum absolute atomic E-state index is 0.0180. The van der Waals surface area contributed by atoms with Gasteiger partial charge in [0.1, 0.15) is 11.5 Å². The van der Waals surface area contributed by atoms with E-state index >= 15 is 0 Å². The van der Waals surface area contributed by atoms with Crippen molar-refractivity contribution in [2.75, 3.05) is 5.75 Å². The van der Waals surface area contributed by atoms with E-state index in [2.05, 4.69) is 24.3 Å². The Morgan fingerprint density at radius 1 is 1.22 bits per heavy atom. The van der Waals surface area contributed by atoms with Crippen LogP contribution in [0.25, 0.3) is 0 Å². The van der Waals surface area contributed by atoms with Gasteiger partial charge in [-0.3, -0.25) is 4.79 Å². The fourth-order valence-electron chi connectivity index (χ4n) is 2.40. The molecule has 0 aliphatic rings. The highest BCUT2D eigenvalue weighted by molar-refractivity contribution is 7.91. The molecule has 132 valence electrons. The highest BCUT2D eigenvalue weighted by Gasteiger charge is 2.22. The van der Waals surface area contributed by atoms with Gasteiger partial charge in [0.25, 0.3) is 0 Å². The van der Waals surface area contributed by atoms with Gasteiger partial charge >= 0.3 is 0 Å². The number of nitrogens with zero attached hydrogens (tertiary/aromatic N) is 1. The van der Waals surface area contributed by atoms with Gasteiger partial charge in [-0.15, -0.1) is 0 Å². The lowest BCUT2D eigenvalue weighted by Crippen LogP contribution is -2.37. The quantitative estimate of drug-likeness (QED) is 0.743. The lowest BCUT2D eigenvalue weighted by Gasteiger charge is -2.14. The number of carbonyl (C=O) groups excluding carboxylic acids is 1. The number of sulfone groups is 1. The molecule has 6 nitrogen and oxygen atoms in total. The van der Waals surface area contributed by atoms with E-state index in [1.54, 1.807) is 13.8 Å². The van der Waals surface area contributed by atoms with Crippen LogP contribution in [0.15, 0.2) is 4.52 Å². The second kappa shape index (κ2) is 8.47. The summed E-state index contributed by atoms with van der Waals surface area (Å²) in [6, 6.07) is -0.0180. The van der Waals surface area contributed by atoms with Gasteiger partial charge in [0.2, 0.25) is 5.91 Å². The molecular formula is C16H28N2O4S. The van der Waals surface area contributed by atoms with Gasteiger partial charge in [-0.1, -0.05) is 31.8 Å². The van der Waals surface area contributed by atoms with Crippen LogP contribution in [0.5, 0.6) is 0 Å². The third-order valence-electron chi connectivity index (χ3n) is 3.72. The average Bonchev–Trinajstić information content (AvgIpc) is 2.68. The minimum atomic E-state index is -3.54. The van der Waals surface area contributed by atoms with Crippen molar-refractivity contribution < 1.29 is 17.7 Å². The zero-order valence-corrected chi connectivity index (χ0v) is 15.5. The number of aryl methyl sites for hydroxylation is 2. The van der Waals surface area contributed by atoms with Gasteiger partial charge in [0, 0.05) is 11.6 Å². The highest BCUT2D eigenvalue weighted by Crippen LogP contribution is 2.16. The van der Waals surface area contributed by atoms with Crippen molar-refractivity contribution in [3.63, 3.8) is 0 Å². The Labute approximate surface area is 138 Å². The molecule has 1 aromatic rings. The standard InChI is InChI=1S/C16H28N2O4S/c1-11(2)7-6-8-12(3)17-16(19)10-23(20,21)9-15-13(4)18-22-14(15)5/h11-12H,6-10H2,1-5H3,(H,17,19). The molecule has 0 saturated heterocycles. The Balaban J connectivity index is 2.49. The SMILES string of the molecule is Cc1noc(C)c1CS(=O)(=O)CC(=O)NC(C)CCCC(C)C. The van der Waals surface area contributed by atoms with Crippen molar-refractivity contribution >= 4 is 15.7 Å². The van der Waals surface area contributed by atoms with E-state index in [9.17, 15) is 13.2 Å². The molecule has 1 heterocycles. The normalized spacial score (nSPS) is 13.3. The zero-order valence-electron chi connectivity index (χ0n) is 14.7. The summed E-state index contributed by atoms with van der Waals surface area (Å²) >= 11 is 0. The number of aromatic nitrogens is 1. The smallest absolute Gasteiger partial charge is 0.235 e. The Hall–Kier alpha value is -1.37. The van der Waals surface area contributed by atoms with Crippen LogP contribution in [0.3, 0.4) is 0 Å². The van der Waals surface area contributed by atoms with E-state index in [0.29, 0.717) is 22.9 Å². The van der Waals surface area contributed by atoms with Crippen LogP contribution in [-0.4, -0.2) is 31.3 Å². The molecule has 0 aromatic carbocycles. The molecule has 0 fully saturated rings. The molecule has 7 heteroatoms. The fourth-order valence-corrected chi connectivity index (χ4v) is 3.84. The van der Waals surface area contributed by atoms with Crippen LogP contribution in [0.1, 0.15) is 57.1 Å². The monoisotopic (exact) mass is 344 g/mol. The Morgan fingerprint density at radius 2 is 1.87 bits per heavy atom. The number of hydrogen-bond acceptors (Lipinski definition) is 5. The second-order valence-electron chi connectivity index (χ2n) is 6.63. The fraction of sp³-hybridized carbons (Fsp3) is 0.750. The summed E-state index contributed by atoms with van der Waals surface area (Å²) in [7, 11) is -3.54. The van der Waals surface area contributed by atoms with E-state index in [-0.39, 0.29) is 11.8 Å². The van der Waals surface area contributed by atoms with Gasteiger partial charge < -0.3 is 9.84 Å². The van der Waals surface area contributed by atoms with Crippen LogP contribution in [0.2, 0.25) is 0 Å². The lowest BCUT2D eigenvalue weighted by atomic mass is 10.0. The van der Waals surface area contributed by atoms with Crippen LogP contribution < -0.4 is 5.32 Å². The molecule has 1 atom stereocenters. The number of amides is 1. The van der Waals surface area contributed by atoms with Crippen LogP contribution >= 0.6 is 0 Å². The molecule has 0 radical (unpaired) electrons. The molecule has 1 amide bonds. The largest absolute Gasteiger partial charge is 0.361 e. The predicted molar refractivity (Wildman–Crippen MR) is 89.8 cm³/mol. The predicted octanol–water partition coefficient (Wildman–Crippen LogP) is 2.54. The van der Waals surface area contributed by atoms with Gasteiger partial charge in [-0.2, -0.15) is 0 Å². The summed E-state index contributed by atoms with van der Waals surface area (Å²) in [6.07, 6.45) is 2.98. The summed E-state index contributed by atoms with van der Waals surface area (Å²) in [5.41, 5.74) is 1.09. The third-order valence-corrected chi connectivity index (χ3v) is 5.15. The Kier molecular flexibility index (Phi) is 7.25. The van der Waals surface area contributed by atoms with Gasteiger partial charge in [0.15, 0.2) is 9.84 Å². The first-order valence-electron chi connectivity index (χ1n) is 8.02. The summed E-state index contributed by atoms with van der Waals surface area (Å²) < 4.78 is 29.3. The molecule has 23 heavy (non-hydrogen) atoms. The summed E-state index contributed by atoms with van der Waals surface area (Å²) in [6.45, 7) is 9.58. The number of rotatable bonds is 9. The molecule has 0 aliphatic carbocycles.